The summed E-state index contributed by atoms with van der Waals surface area (Å²) < 4.78 is 24.6. The summed E-state index contributed by atoms with van der Waals surface area (Å²) in [5, 5.41) is 7.22. The highest BCUT2D eigenvalue weighted by Gasteiger charge is 2.23. The van der Waals surface area contributed by atoms with Gasteiger partial charge in [0.15, 0.2) is 14.2 Å². The Hall–Kier alpha value is -3.60. The van der Waals surface area contributed by atoms with Crippen molar-refractivity contribution in [3.05, 3.63) is 54.1 Å². The number of anilines is 1. The summed E-state index contributed by atoms with van der Waals surface area (Å²) in [4.78, 5) is 35.6. The lowest BCUT2D eigenvalue weighted by Crippen LogP contribution is -2.42. The van der Waals surface area contributed by atoms with Gasteiger partial charge in [0, 0.05) is 37.0 Å². The molecular formula is C26H33N6O6P. The molecule has 0 radical (unpaired) electrons. The standard InChI is InChI=1S/C26H33N6O6P/c1-5-35-39(36-6-2)17-32-11-8-23(30-32)29-25(33)19-12-20(37-18(3)4)14-21(13-19)38-24-16-27-22(15-28-24)26(34)31-9-7-10-31/h8,11-16,18H,5-7,9-10,17H2,1-4H3,(H,29,30,33). The zero-order valence-corrected chi connectivity index (χ0v) is 23.4. The second-order valence-electron chi connectivity index (χ2n) is 8.85. The molecule has 208 valence electrons. The average Bonchev–Trinajstić information content (AvgIpc) is 3.29. The third-order valence-corrected chi connectivity index (χ3v) is 7.03. The molecule has 2 amide bonds. The van der Waals surface area contributed by atoms with Crippen LogP contribution in [0, 0.1) is 0 Å². The number of rotatable bonds is 13. The van der Waals surface area contributed by atoms with E-state index in [-0.39, 0.29) is 23.6 Å². The predicted molar refractivity (Wildman–Crippen MR) is 145 cm³/mol. The maximum atomic E-state index is 13.1. The zero-order valence-electron chi connectivity index (χ0n) is 22.5. The van der Waals surface area contributed by atoms with E-state index in [1.165, 1.54) is 12.4 Å². The van der Waals surface area contributed by atoms with Crippen LogP contribution in [-0.4, -0.2) is 68.9 Å². The van der Waals surface area contributed by atoms with Gasteiger partial charge in [0.25, 0.3) is 11.8 Å². The van der Waals surface area contributed by atoms with Crippen LogP contribution < -0.4 is 14.8 Å². The van der Waals surface area contributed by atoms with Gasteiger partial charge < -0.3 is 28.7 Å². The molecule has 39 heavy (non-hydrogen) atoms. The minimum atomic E-state index is -1.11. The quantitative estimate of drug-likeness (QED) is 0.298. The molecule has 0 bridgehead atoms. The number of amides is 2. The first-order valence-corrected chi connectivity index (χ1v) is 14.2. The largest absolute Gasteiger partial charge is 0.491 e. The third-order valence-electron chi connectivity index (χ3n) is 5.42. The lowest BCUT2D eigenvalue weighted by atomic mass is 10.2. The van der Waals surface area contributed by atoms with E-state index in [0.717, 1.165) is 19.5 Å². The minimum Gasteiger partial charge on any atom is -0.491 e. The molecule has 1 aliphatic rings. The summed E-state index contributed by atoms with van der Waals surface area (Å²) >= 11 is 0. The second-order valence-corrected chi connectivity index (χ2v) is 10.3. The number of nitrogens with one attached hydrogen (secondary N) is 1. The van der Waals surface area contributed by atoms with E-state index in [9.17, 15) is 9.59 Å². The van der Waals surface area contributed by atoms with E-state index in [2.05, 4.69) is 20.4 Å². The topological polar surface area (TPSA) is 130 Å². The number of carbonyl (C=O) groups excluding carboxylic acids is 2. The van der Waals surface area contributed by atoms with Gasteiger partial charge in [0.1, 0.15) is 23.5 Å². The fourth-order valence-corrected chi connectivity index (χ4v) is 4.81. The highest BCUT2D eigenvalue weighted by atomic mass is 31.2. The normalized spacial score (nSPS) is 12.9. The van der Waals surface area contributed by atoms with Crippen molar-refractivity contribution in [2.75, 3.05) is 31.6 Å². The number of carbonyl (C=O) groups is 2. The lowest BCUT2D eigenvalue weighted by Gasteiger charge is -2.30. The molecule has 0 atom stereocenters. The zero-order chi connectivity index (χ0) is 27.8. The number of nitrogens with zero attached hydrogens (tertiary/aromatic N) is 5. The van der Waals surface area contributed by atoms with Crippen molar-refractivity contribution in [3.8, 4) is 17.4 Å². The molecule has 1 fully saturated rings. The van der Waals surface area contributed by atoms with Crippen LogP contribution in [0.5, 0.6) is 17.4 Å². The number of aromatic nitrogens is 4. The van der Waals surface area contributed by atoms with Gasteiger partial charge in [-0.25, -0.2) is 9.97 Å². The van der Waals surface area contributed by atoms with Crippen molar-refractivity contribution >= 4 is 26.0 Å². The van der Waals surface area contributed by atoms with Gasteiger partial charge in [0.2, 0.25) is 5.88 Å². The van der Waals surface area contributed by atoms with Crippen LogP contribution in [0.2, 0.25) is 0 Å². The fourth-order valence-electron chi connectivity index (χ4n) is 3.60. The molecule has 0 unspecified atom stereocenters. The van der Waals surface area contributed by atoms with E-state index in [1.807, 2.05) is 27.7 Å². The van der Waals surface area contributed by atoms with Crippen LogP contribution in [0.15, 0.2) is 42.9 Å². The van der Waals surface area contributed by atoms with Gasteiger partial charge in [-0.2, -0.15) is 5.10 Å². The monoisotopic (exact) mass is 556 g/mol. The molecule has 3 heterocycles. The van der Waals surface area contributed by atoms with E-state index in [0.29, 0.717) is 42.4 Å². The molecular weight excluding hydrogens is 523 g/mol. The molecule has 1 aliphatic heterocycles. The van der Waals surface area contributed by atoms with Gasteiger partial charge in [-0.1, -0.05) is 0 Å². The Morgan fingerprint density at radius 2 is 1.79 bits per heavy atom. The van der Waals surface area contributed by atoms with Crippen molar-refractivity contribution in [1.29, 1.82) is 0 Å². The molecule has 3 aromatic rings. The lowest BCUT2D eigenvalue weighted by molar-refractivity contribution is 0.0645. The number of ether oxygens (including phenoxy) is 2. The van der Waals surface area contributed by atoms with Crippen LogP contribution >= 0.6 is 8.38 Å². The van der Waals surface area contributed by atoms with Gasteiger partial charge in [0.05, 0.1) is 31.7 Å². The molecule has 4 rings (SSSR count). The first kappa shape index (κ1) is 28.4. The van der Waals surface area contributed by atoms with Crippen molar-refractivity contribution in [1.82, 2.24) is 24.6 Å². The summed E-state index contributed by atoms with van der Waals surface area (Å²) in [7, 11) is -1.11. The van der Waals surface area contributed by atoms with Crippen LogP contribution in [0.3, 0.4) is 0 Å². The molecule has 12 nitrogen and oxygen atoms in total. The summed E-state index contributed by atoms with van der Waals surface area (Å²) in [6.07, 6.45) is 5.85. The first-order valence-electron chi connectivity index (χ1n) is 12.8. The Kier molecular flexibility index (Phi) is 9.80. The SMILES string of the molecule is CCOP(Cn1ccc(NC(=O)c2cc(Oc3cnc(C(=O)N4CCC4)cn3)cc(OC(C)C)c2)n1)OCC. The summed E-state index contributed by atoms with van der Waals surface area (Å²) in [5.41, 5.74) is 0.564. The molecule has 0 aliphatic carbocycles. The van der Waals surface area contributed by atoms with E-state index < -0.39 is 14.3 Å². The van der Waals surface area contributed by atoms with Gasteiger partial charge in [-0.05, 0) is 46.2 Å². The number of hydrogen-bond acceptors (Lipinski definition) is 9. The predicted octanol–water partition coefficient (Wildman–Crippen LogP) is 4.69. The Balaban J connectivity index is 1.46. The Labute approximate surface area is 228 Å². The highest BCUT2D eigenvalue weighted by Crippen LogP contribution is 2.39. The Morgan fingerprint density at radius 3 is 2.41 bits per heavy atom. The molecule has 2 aromatic heterocycles. The third kappa shape index (κ3) is 7.95. The maximum absolute atomic E-state index is 13.1. The van der Waals surface area contributed by atoms with Crippen molar-refractivity contribution in [2.45, 2.75) is 46.5 Å². The van der Waals surface area contributed by atoms with E-state index in [1.54, 1.807) is 40.0 Å². The van der Waals surface area contributed by atoms with Gasteiger partial charge in [-0.3, -0.25) is 14.3 Å². The van der Waals surface area contributed by atoms with Crippen LogP contribution in [0.25, 0.3) is 0 Å². The molecule has 0 saturated carbocycles. The molecule has 1 saturated heterocycles. The average molecular weight is 557 g/mol. The van der Waals surface area contributed by atoms with Gasteiger partial charge in [-0.15, -0.1) is 0 Å². The molecule has 1 N–H and O–H groups in total. The Morgan fingerprint density at radius 1 is 1.05 bits per heavy atom. The van der Waals surface area contributed by atoms with Crippen LogP contribution in [0.4, 0.5) is 5.82 Å². The van der Waals surface area contributed by atoms with Crippen molar-refractivity contribution < 1.29 is 28.1 Å². The minimum absolute atomic E-state index is 0.121. The van der Waals surface area contributed by atoms with E-state index >= 15 is 0 Å². The Bertz CT molecular complexity index is 1260. The van der Waals surface area contributed by atoms with Crippen molar-refractivity contribution in [2.24, 2.45) is 0 Å². The summed E-state index contributed by atoms with van der Waals surface area (Å²) in [6.45, 7) is 10.1. The van der Waals surface area contributed by atoms with Gasteiger partial charge >= 0.3 is 0 Å². The molecule has 1 aromatic carbocycles. The van der Waals surface area contributed by atoms with Crippen LogP contribution in [0.1, 0.15) is 55.0 Å². The molecule has 0 spiro atoms. The fraction of sp³-hybridized carbons (Fsp3) is 0.423. The maximum Gasteiger partial charge on any atom is 0.274 e. The smallest absolute Gasteiger partial charge is 0.274 e. The van der Waals surface area contributed by atoms with E-state index in [4.69, 9.17) is 18.5 Å². The van der Waals surface area contributed by atoms with Crippen LogP contribution in [-0.2, 0) is 15.3 Å². The second kappa shape index (κ2) is 13.5. The number of benzene rings is 1. The first-order chi connectivity index (χ1) is 18.8. The number of likely N-dealkylation sites (tertiary alicyclic amines) is 1. The van der Waals surface area contributed by atoms with Crippen molar-refractivity contribution in [3.63, 3.8) is 0 Å². The highest BCUT2D eigenvalue weighted by molar-refractivity contribution is 7.46. The summed E-state index contributed by atoms with van der Waals surface area (Å²) in [5.74, 6) is 0.809. The summed E-state index contributed by atoms with van der Waals surface area (Å²) in [6, 6.07) is 6.57. The number of hydrogen-bond donors (Lipinski definition) is 1. The molecule has 13 heteroatoms.